The number of halogens is 2. The average Bonchev–Trinajstić information content (AvgIpc) is 2.96. The molecule has 0 aliphatic rings. The molecule has 8 nitrogen and oxygen atoms in total. The lowest BCUT2D eigenvalue weighted by atomic mass is 10.2. The minimum absolute atomic E-state index is 0.0260. The van der Waals surface area contributed by atoms with E-state index in [-0.39, 0.29) is 39.5 Å². The highest BCUT2D eigenvalue weighted by Gasteiger charge is 2.47. The van der Waals surface area contributed by atoms with Crippen molar-refractivity contribution in [3.05, 3.63) is 124 Å². The third kappa shape index (κ3) is 7.36. The summed E-state index contributed by atoms with van der Waals surface area (Å²) in [6, 6.07) is 28.2. The zero-order valence-electron chi connectivity index (χ0n) is 21.2. The molecule has 1 amide bonds. The van der Waals surface area contributed by atoms with E-state index in [1.807, 2.05) is 30.3 Å². The Balaban J connectivity index is 1.61. The van der Waals surface area contributed by atoms with Crippen LogP contribution in [-0.4, -0.2) is 24.8 Å². The van der Waals surface area contributed by atoms with E-state index in [2.05, 4.69) is 5.32 Å². The molecule has 4 rings (SSSR count). The van der Waals surface area contributed by atoms with Gasteiger partial charge in [0.2, 0.25) is 0 Å². The molecule has 40 heavy (non-hydrogen) atoms. The molecule has 1 unspecified atom stereocenters. The molecule has 0 fully saturated rings. The van der Waals surface area contributed by atoms with Gasteiger partial charge in [-0.1, -0.05) is 89.9 Å². The number of methoxy groups -OCH3 is 1. The van der Waals surface area contributed by atoms with E-state index < -0.39 is 25.3 Å². The maximum atomic E-state index is 14.2. The van der Waals surface area contributed by atoms with Crippen LogP contribution in [0.3, 0.4) is 0 Å². The molecule has 0 heterocycles. The van der Waals surface area contributed by atoms with Gasteiger partial charge in [-0.3, -0.25) is 4.79 Å². The summed E-state index contributed by atoms with van der Waals surface area (Å²) >= 11 is 12.8. The molecule has 1 atom stereocenters. The molecule has 0 bridgehead atoms. The van der Waals surface area contributed by atoms with Crippen molar-refractivity contribution in [2.75, 3.05) is 7.11 Å². The van der Waals surface area contributed by atoms with Gasteiger partial charge in [0, 0.05) is 5.56 Å². The number of carbonyl (C=O) groups is 2. The smallest absolute Gasteiger partial charge is 0.464 e. The Morgan fingerprint density at radius 2 is 1.27 bits per heavy atom. The molecular formula is C29H24Cl2NO7P. The highest BCUT2D eigenvalue weighted by molar-refractivity contribution is 7.56. The number of esters is 1. The molecule has 0 aromatic heterocycles. The molecule has 0 aliphatic carbocycles. The molecule has 0 saturated carbocycles. The van der Waals surface area contributed by atoms with Crippen LogP contribution >= 0.6 is 30.8 Å². The van der Waals surface area contributed by atoms with Gasteiger partial charge in [0.25, 0.3) is 11.7 Å². The molecule has 0 radical (unpaired) electrons. The van der Waals surface area contributed by atoms with Crippen LogP contribution in [0.15, 0.2) is 103 Å². The Morgan fingerprint density at radius 1 is 0.800 bits per heavy atom. The first-order valence-corrected chi connectivity index (χ1v) is 14.3. The predicted octanol–water partition coefficient (Wildman–Crippen LogP) is 7.15. The largest absolute Gasteiger partial charge is 0.486 e. The van der Waals surface area contributed by atoms with Gasteiger partial charge in [-0.15, -0.1) is 0 Å². The molecule has 1 N–H and O–H groups in total. The molecular weight excluding hydrogens is 576 g/mol. The molecule has 0 saturated heterocycles. The van der Waals surface area contributed by atoms with Gasteiger partial charge >= 0.3 is 13.6 Å². The minimum Gasteiger partial charge on any atom is -0.486 e. The maximum absolute atomic E-state index is 14.2. The second-order valence-corrected chi connectivity index (χ2v) is 11.1. The van der Waals surface area contributed by atoms with Crippen molar-refractivity contribution in [1.29, 1.82) is 0 Å². The monoisotopic (exact) mass is 599 g/mol. The normalized spacial score (nSPS) is 11.7. The van der Waals surface area contributed by atoms with E-state index >= 15 is 0 Å². The molecule has 206 valence electrons. The highest BCUT2D eigenvalue weighted by Crippen LogP contribution is 2.52. The first-order chi connectivity index (χ1) is 19.3. The number of hydrogen-bond donors (Lipinski definition) is 1. The molecule has 4 aromatic rings. The summed E-state index contributed by atoms with van der Waals surface area (Å²) in [4.78, 5) is 26.2. The number of ether oxygens (including phenoxy) is 2. The van der Waals surface area contributed by atoms with Crippen molar-refractivity contribution >= 4 is 42.7 Å². The number of rotatable bonds is 11. The number of nitrogens with one attached hydrogen (secondary N) is 1. The Bertz CT molecular complexity index is 1440. The fourth-order valence-electron chi connectivity index (χ4n) is 3.53. The van der Waals surface area contributed by atoms with Crippen molar-refractivity contribution in [3.63, 3.8) is 0 Å². The second kappa shape index (κ2) is 13.4. The standard InChI is InChI=1S/C29H24Cl2NO7P/c1-36-29(34)28(40(35,38-22-13-7-3-8-14-22)39-23-15-9-4-10-16-23)32-27(33)21-17-24(30)26(25(31)18-21)37-19-20-11-5-2-6-12-20/h2-18,28H,19H2,1H3,(H,32,33). The predicted molar refractivity (Wildman–Crippen MR) is 152 cm³/mol. The van der Waals surface area contributed by atoms with Crippen molar-refractivity contribution in [1.82, 2.24) is 5.32 Å². The van der Waals surface area contributed by atoms with E-state index in [9.17, 15) is 14.2 Å². The number of hydrogen-bond acceptors (Lipinski definition) is 7. The minimum atomic E-state index is -4.50. The van der Waals surface area contributed by atoms with Crippen LogP contribution in [0, 0.1) is 0 Å². The zero-order valence-corrected chi connectivity index (χ0v) is 23.6. The van der Waals surface area contributed by atoms with Crippen molar-refractivity contribution in [3.8, 4) is 17.2 Å². The van der Waals surface area contributed by atoms with Crippen LogP contribution in [0.25, 0.3) is 0 Å². The van der Waals surface area contributed by atoms with Gasteiger partial charge in [0.15, 0.2) is 5.75 Å². The summed E-state index contributed by atoms with van der Waals surface area (Å²) in [7, 11) is -3.41. The quantitative estimate of drug-likeness (QED) is 0.144. The van der Waals surface area contributed by atoms with Crippen molar-refractivity contribution in [2.24, 2.45) is 0 Å². The fraction of sp³-hybridized carbons (Fsp3) is 0.103. The van der Waals surface area contributed by atoms with Gasteiger partial charge in [0.1, 0.15) is 18.1 Å². The van der Waals surface area contributed by atoms with Crippen LogP contribution < -0.4 is 19.1 Å². The summed E-state index contributed by atoms with van der Waals surface area (Å²) in [5.74, 6) is -3.26. The fourth-order valence-corrected chi connectivity index (χ4v) is 5.84. The third-order valence-electron chi connectivity index (χ3n) is 5.45. The van der Waals surface area contributed by atoms with Crippen LogP contribution in [0.2, 0.25) is 10.0 Å². The van der Waals surface area contributed by atoms with E-state index in [4.69, 9.17) is 41.7 Å². The van der Waals surface area contributed by atoms with Gasteiger partial charge in [0.05, 0.1) is 17.2 Å². The van der Waals surface area contributed by atoms with Crippen LogP contribution in [0.4, 0.5) is 0 Å². The van der Waals surface area contributed by atoms with Gasteiger partial charge < -0.3 is 23.8 Å². The molecule has 4 aromatic carbocycles. The molecule has 0 aliphatic heterocycles. The third-order valence-corrected chi connectivity index (χ3v) is 7.91. The lowest BCUT2D eigenvalue weighted by Crippen LogP contribution is -2.43. The van der Waals surface area contributed by atoms with E-state index in [1.54, 1.807) is 36.4 Å². The Labute approximate surface area is 241 Å². The zero-order chi connectivity index (χ0) is 28.5. The summed E-state index contributed by atoms with van der Waals surface area (Å²) in [5.41, 5.74) is 0.867. The van der Waals surface area contributed by atoms with Crippen LogP contribution in [0.1, 0.15) is 15.9 Å². The summed E-state index contributed by atoms with van der Waals surface area (Å²) in [6.45, 7) is 0.201. The number of carbonyl (C=O) groups excluding carboxylic acids is 2. The molecule has 0 spiro atoms. The Morgan fingerprint density at radius 3 is 1.75 bits per heavy atom. The first-order valence-electron chi connectivity index (χ1n) is 11.9. The van der Waals surface area contributed by atoms with Crippen molar-refractivity contribution in [2.45, 2.75) is 12.4 Å². The lowest BCUT2D eigenvalue weighted by Gasteiger charge is -2.26. The van der Waals surface area contributed by atoms with E-state index in [0.29, 0.717) is 0 Å². The van der Waals surface area contributed by atoms with E-state index in [1.165, 1.54) is 36.4 Å². The number of benzene rings is 4. The summed E-state index contributed by atoms with van der Waals surface area (Å²) in [5, 5.41) is 2.54. The van der Waals surface area contributed by atoms with E-state index in [0.717, 1.165) is 12.7 Å². The van der Waals surface area contributed by atoms with Gasteiger partial charge in [-0.05, 0) is 42.0 Å². The summed E-state index contributed by atoms with van der Waals surface area (Å²) in [6.07, 6.45) is 0. The average molecular weight is 600 g/mol. The summed E-state index contributed by atoms with van der Waals surface area (Å²) < 4.78 is 36.2. The first kappa shape index (κ1) is 29.0. The van der Waals surface area contributed by atoms with Crippen molar-refractivity contribution < 1.29 is 32.7 Å². The second-order valence-electron chi connectivity index (χ2n) is 8.29. The SMILES string of the molecule is COC(=O)C(NC(=O)c1cc(Cl)c(OCc2ccccc2)c(Cl)c1)P(=O)(Oc1ccccc1)Oc1ccccc1. The maximum Gasteiger partial charge on any atom is 0.464 e. The lowest BCUT2D eigenvalue weighted by molar-refractivity contribution is -0.140. The van der Waals surface area contributed by atoms with Gasteiger partial charge in [-0.25, -0.2) is 9.36 Å². The Hall–Kier alpha value is -3.97. The van der Waals surface area contributed by atoms with Gasteiger partial charge in [-0.2, -0.15) is 0 Å². The number of amides is 1. The van der Waals surface area contributed by atoms with Crippen LogP contribution in [0.5, 0.6) is 17.2 Å². The highest BCUT2D eigenvalue weighted by atomic mass is 35.5. The topological polar surface area (TPSA) is 100 Å². The molecule has 11 heteroatoms. The Kier molecular flexibility index (Phi) is 9.72. The van der Waals surface area contributed by atoms with Crippen LogP contribution in [-0.2, 0) is 20.7 Å². The number of para-hydroxylation sites is 2.